The number of methoxy groups -OCH3 is 1. The van der Waals surface area contributed by atoms with Gasteiger partial charge in [0.05, 0.1) is 30.6 Å². The highest BCUT2D eigenvalue weighted by molar-refractivity contribution is 5.87. The van der Waals surface area contributed by atoms with Crippen molar-refractivity contribution in [3.05, 3.63) is 99.7 Å². The van der Waals surface area contributed by atoms with Crippen molar-refractivity contribution in [1.29, 1.82) is 0 Å². The number of aromatic nitrogens is 1. The summed E-state index contributed by atoms with van der Waals surface area (Å²) in [5.74, 6) is 0.356. The Bertz CT molecular complexity index is 1710. The average molecular weight is 642 g/mol. The van der Waals surface area contributed by atoms with Crippen molar-refractivity contribution >= 4 is 22.6 Å². The van der Waals surface area contributed by atoms with Gasteiger partial charge in [0.25, 0.3) is 5.69 Å². The zero-order valence-electron chi connectivity index (χ0n) is 25.3. The van der Waals surface area contributed by atoms with Gasteiger partial charge in [-0.15, -0.1) is 0 Å². The van der Waals surface area contributed by atoms with Crippen molar-refractivity contribution < 1.29 is 42.2 Å². The molecule has 1 N–H and O–H groups in total. The summed E-state index contributed by atoms with van der Waals surface area (Å²) in [6.45, 7) is 1.67. The molecule has 5 rings (SSSR count). The van der Waals surface area contributed by atoms with Crippen LogP contribution in [0.2, 0.25) is 0 Å². The summed E-state index contributed by atoms with van der Waals surface area (Å²) in [7, 11) is 1.45. The number of nitro benzene ring substituents is 1. The summed E-state index contributed by atoms with van der Waals surface area (Å²) < 4.78 is 62.6. The monoisotopic (exact) mass is 641 g/mol. The van der Waals surface area contributed by atoms with Gasteiger partial charge < -0.3 is 23.9 Å². The number of aliphatic hydroxyl groups is 1. The lowest BCUT2D eigenvalue weighted by molar-refractivity contribution is -0.384. The number of esters is 1. The van der Waals surface area contributed by atoms with Crippen LogP contribution >= 0.6 is 0 Å². The maximum absolute atomic E-state index is 14.9. The largest absolute Gasteiger partial charge is 0.493 e. The molecule has 3 aromatic carbocycles. The Morgan fingerprint density at radius 3 is 2.50 bits per heavy atom. The van der Waals surface area contributed by atoms with Crippen LogP contribution in [0.1, 0.15) is 30.0 Å². The lowest BCUT2D eigenvalue weighted by atomic mass is 9.92. The van der Waals surface area contributed by atoms with Crippen LogP contribution in [0, 0.1) is 10.1 Å². The molecule has 13 heteroatoms. The average Bonchev–Trinajstić information content (AvgIpc) is 3.61. The molecule has 1 saturated heterocycles. The minimum atomic E-state index is -5.07. The fraction of sp³-hybridized carbons (Fsp3) is 0.364. The number of carbonyl (C=O) groups excluding carboxylic acids is 1. The Morgan fingerprint density at radius 1 is 1.07 bits per heavy atom. The maximum atomic E-state index is 14.9. The predicted molar refractivity (Wildman–Crippen MR) is 163 cm³/mol. The summed E-state index contributed by atoms with van der Waals surface area (Å²) in [4.78, 5) is 24.3. The van der Waals surface area contributed by atoms with Crippen molar-refractivity contribution in [3.63, 3.8) is 0 Å². The normalized spacial score (nSPS) is 16.7. The first-order valence-corrected chi connectivity index (χ1v) is 14.7. The molecular weight excluding hydrogens is 607 g/mol. The molecule has 0 spiro atoms. The number of rotatable bonds is 12. The van der Waals surface area contributed by atoms with E-state index < -0.39 is 29.3 Å². The van der Waals surface area contributed by atoms with Crippen molar-refractivity contribution in [1.82, 2.24) is 9.47 Å². The summed E-state index contributed by atoms with van der Waals surface area (Å²) >= 11 is 0. The topological polar surface area (TPSA) is 116 Å². The van der Waals surface area contributed by atoms with E-state index >= 15 is 0 Å². The first-order valence-electron chi connectivity index (χ1n) is 14.7. The molecule has 0 amide bonds. The highest BCUT2D eigenvalue weighted by Crippen LogP contribution is 2.44. The van der Waals surface area contributed by atoms with E-state index in [0.29, 0.717) is 23.5 Å². The highest BCUT2D eigenvalue weighted by atomic mass is 19.4. The lowest BCUT2D eigenvalue weighted by Gasteiger charge is -2.34. The van der Waals surface area contributed by atoms with Gasteiger partial charge >= 0.3 is 12.1 Å². The maximum Gasteiger partial charge on any atom is 0.422 e. The Kier molecular flexibility index (Phi) is 9.54. The van der Waals surface area contributed by atoms with Gasteiger partial charge in [-0.1, -0.05) is 36.4 Å². The minimum absolute atomic E-state index is 0.0484. The minimum Gasteiger partial charge on any atom is -0.493 e. The Hall–Kier alpha value is -4.62. The van der Waals surface area contributed by atoms with Gasteiger partial charge in [-0.2, -0.15) is 13.2 Å². The molecule has 0 aliphatic carbocycles. The number of hydrogen-bond acceptors (Lipinski definition) is 8. The van der Waals surface area contributed by atoms with Crippen LogP contribution in [-0.4, -0.2) is 71.1 Å². The molecule has 1 aliphatic heterocycles. The SMILES string of the molecule is CCOC(=O)Cc1ccc(O[C@@H]2CCN(CC(O)(c3cn(Cc4ccccc4)c4cc([N+](=O)[O-])ccc34)C(F)(F)F)C2)c(OC)c1. The van der Waals surface area contributed by atoms with Crippen molar-refractivity contribution in [2.24, 2.45) is 0 Å². The molecule has 1 aliphatic rings. The number of benzene rings is 3. The first-order chi connectivity index (χ1) is 21.9. The molecule has 244 valence electrons. The van der Waals surface area contributed by atoms with E-state index in [0.717, 1.165) is 11.6 Å². The van der Waals surface area contributed by atoms with Gasteiger partial charge in [0.15, 0.2) is 11.5 Å². The number of carbonyl (C=O) groups is 1. The number of likely N-dealkylation sites (tertiary alicyclic amines) is 1. The van der Waals surface area contributed by atoms with E-state index in [9.17, 15) is 33.2 Å². The first kappa shape index (κ1) is 32.8. The van der Waals surface area contributed by atoms with E-state index in [1.807, 2.05) is 0 Å². The van der Waals surface area contributed by atoms with Crippen LogP contribution in [0.3, 0.4) is 0 Å². The quantitative estimate of drug-likeness (QED) is 0.121. The van der Waals surface area contributed by atoms with E-state index in [2.05, 4.69) is 0 Å². The summed E-state index contributed by atoms with van der Waals surface area (Å²) in [6, 6.07) is 17.6. The zero-order chi connectivity index (χ0) is 33.1. The predicted octanol–water partition coefficient (Wildman–Crippen LogP) is 5.62. The summed E-state index contributed by atoms with van der Waals surface area (Å²) in [5, 5.41) is 23.1. The highest BCUT2D eigenvalue weighted by Gasteiger charge is 2.57. The zero-order valence-corrected chi connectivity index (χ0v) is 25.3. The molecule has 1 fully saturated rings. The number of nitro groups is 1. The molecule has 2 atom stereocenters. The number of nitrogens with zero attached hydrogens (tertiary/aromatic N) is 3. The van der Waals surface area contributed by atoms with E-state index in [1.165, 1.54) is 34.9 Å². The number of ether oxygens (including phenoxy) is 3. The molecule has 2 heterocycles. The number of alkyl halides is 3. The third kappa shape index (κ3) is 6.95. The van der Waals surface area contributed by atoms with Crippen molar-refractivity contribution in [2.75, 3.05) is 33.4 Å². The van der Waals surface area contributed by atoms with Gasteiger partial charge in [0.2, 0.25) is 5.60 Å². The van der Waals surface area contributed by atoms with Gasteiger partial charge in [-0.25, -0.2) is 0 Å². The molecule has 0 bridgehead atoms. The van der Waals surface area contributed by atoms with Gasteiger partial charge in [-0.3, -0.25) is 19.8 Å². The second-order valence-electron chi connectivity index (χ2n) is 11.2. The standard InChI is InChI=1S/C33H34F3N3O7/c1-3-45-31(40)16-23-9-12-29(30(15-23)44-2)46-25-13-14-37(19-25)21-32(41,33(34,35)36)27-20-38(18-22-7-5-4-6-8-22)28-17-24(39(42)43)10-11-26(27)28/h4-12,15,17,20,25,41H,3,13-14,16,18-19,21H2,1-2H3/t25-,32?/m1/s1. The van der Waals surface area contributed by atoms with Crippen molar-refractivity contribution in [2.45, 2.75) is 44.2 Å². The van der Waals surface area contributed by atoms with E-state index in [1.54, 1.807) is 55.5 Å². The lowest BCUT2D eigenvalue weighted by Crippen LogP contribution is -2.50. The molecule has 0 saturated carbocycles. The summed E-state index contributed by atoms with van der Waals surface area (Å²) in [5.41, 5.74) is -2.31. The van der Waals surface area contributed by atoms with Crippen LogP contribution in [0.4, 0.5) is 18.9 Å². The van der Waals surface area contributed by atoms with Crippen LogP contribution in [-0.2, 0) is 28.1 Å². The van der Waals surface area contributed by atoms with Crippen LogP contribution < -0.4 is 9.47 Å². The molecule has 1 aromatic heterocycles. The number of fused-ring (bicyclic) bond motifs is 1. The molecule has 10 nitrogen and oxygen atoms in total. The number of halogens is 3. The number of β-amino-alcohol motifs (C(OH)–C–C–N with tert-alkyl or cyclic N) is 1. The summed E-state index contributed by atoms with van der Waals surface area (Å²) in [6.07, 6.45) is -3.89. The van der Waals surface area contributed by atoms with E-state index in [-0.39, 0.29) is 60.8 Å². The second kappa shape index (κ2) is 13.4. The Labute approximate surface area is 263 Å². The Morgan fingerprint density at radius 2 is 1.83 bits per heavy atom. The third-order valence-electron chi connectivity index (χ3n) is 8.04. The second-order valence-corrected chi connectivity index (χ2v) is 11.2. The van der Waals surface area contributed by atoms with Gasteiger partial charge in [-0.05, 0) is 42.7 Å². The van der Waals surface area contributed by atoms with Crippen molar-refractivity contribution in [3.8, 4) is 11.5 Å². The number of non-ortho nitro benzene ring substituents is 1. The number of hydrogen-bond donors (Lipinski definition) is 1. The molecular formula is C33H34F3N3O7. The molecule has 0 radical (unpaired) electrons. The smallest absolute Gasteiger partial charge is 0.422 e. The third-order valence-corrected chi connectivity index (χ3v) is 8.04. The van der Waals surface area contributed by atoms with Gasteiger partial charge in [0.1, 0.15) is 6.10 Å². The fourth-order valence-corrected chi connectivity index (χ4v) is 5.80. The van der Waals surface area contributed by atoms with Crippen LogP contribution in [0.15, 0.2) is 72.9 Å². The van der Waals surface area contributed by atoms with E-state index in [4.69, 9.17) is 14.2 Å². The molecule has 4 aromatic rings. The molecule has 1 unspecified atom stereocenters. The fourth-order valence-electron chi connectivity index (χ4n) is 5.80. The van der Waals surface area contributed by atoms with Crippen LogP contribution in [0.5, 0.6) is 11.5 Å². The van der Waals surface area contributed by atoms with Gasteiger partial charge in [0, 0.05) is 55.5 Å². The van der Waals surface area contributed by atoms with Crippen LogP contribution in [0.25, 0.3) is 10.9 Å². The Balaban J connectivity index is 1.40. The molecule has 46 heavy (non-hydrogen) atoms.